The highest BCUT2D eigenvalue weighted by Gasteiger charge is 2.20. The fraction of sp³-hybridized carbons (Fsp3) is 0.727. The van der Waals surface area contributed by atoms with Gasteiger partial charge >= 0.3 is 0 Å². The van der Waals surface area contributed by atoms with Crippen LogP contribution in [0.5, 0.6) is 0 Å². The molecule has 1 fully saturated rings. The quantitative estimate of drug-likeness (QED) is 0.900. The van der Waals surface area contributed by atoms with Crippen LogP contribution in [0.3, 0.4) is 0 Å². The van der Waals surface area contributed by atoms with Crippen LogP contribution in [0, 0.1) is 0 Å². The first kappa shape index (κ1) is 13.3. The lowest BCUT2D eigenvalue weighted by atomic mass is 10.0. The molecule has 0 aromatic carbocycles. The highest BCUT2D eigenvalue weighted by Crippen LogP contribution is 2.18. The molecule has 0 saturated carbocycles. The standard InChI is InChI=1S/C11H18ClN5O/c1-7-6-8(4-5-18-7)13-10-14-9(12)15-11(16-10)17(2)3/h7-8H,4-6H2,1-3H3,(H,13,14,15,16). The van der Waals surface area contributed by atoms with Gasteiger partial charge < -0.3 is 15.0 Å². The summed E-state index contributed by atoms with van der Waals surface area (Å²) in [6.07, 6.45) is 2.16. The zero-order valence-electron chi connectivity index (χ0n) is 10.9. The molecule has 1 saturated heterocycles. The van der Waals surface area contributed by atoms with Crippen LogP contribution in [0.25, 0.3) is 0 Å². The first-order valence-corrected chi connectivity index (χ1v) is 6.39. The van der Waals surface area contributed by atoms with E-state index in [1.165, 1.54) is 0 Å². The van der Waals surface area contributed by atoms with E-state index >= 15 is 0 Å². The predicted octanol–water partition coefficient (Wildman–Crippen LogP) is 1.57. The highest BCUT2D eigenvalue weighted by atomic mass is 35.5. The summed E-state index contributed by atoms with van der Waals surface area (Å²) in [7, 11) is 3.73. The Morgan fingerprint density at radius 3 is 2.78 bits per heavy atom. The fourth-order valence-corrected chi connectivity index (χ4v) is 2.07. The van der Waals surface area contributed by atoms with Crippen molar-refractivity contribution < 1.29 is 4.74 Å². The van der Waals surface area contributed by atoms with Gasteiger partial charge in [0.2, 0.25) is 17.2 Å². The molecule has 2 heterocycles. The Morgan fingerprint density at radius 1 is 1.33 bits per heavy atom. The number of halogens is 1. The van der Waals surface area contributed by atoms with E-state index in [0.29, 0.717) is 17.9 Å². The molecular formula is C11H18ClN5O. The molecule has 0 bridgehead atoms. The van der Waals surface area contributed by atoms with Crippen molar-refractivity contribution in [3.63, 3.8) is 0 Å². The average molecular weight is 272 g/mol. The first-order valence-electron chi connectivity index (χ1n) is 6.01. The number of aromatic nitrogens is 3. The molecule has 0 amide bonds. The van der Waals surface area contributed by atoms with Crippen LogP contribution in [0.2, 0.25) is 5.28 Å². The second kappa shape index (κ2) is 5.67. The van der Waals surface area contributed by atoms with E-state index in [1.807, 2.05) is 14.1 Å². The Labute approximate surface area is 112 Å². The van der Waals surface area contributed by atoms with E-state index in [0.717, 1.165) is 19.4 Å². The fourth-order valence-electron chi connectivity index (χ4n) is 1.92. The van der Waals surface area contributed by atoms with E-state index < -0.39 is 0 Å². The van der Waals surface area contributed by atoms with Gasteiger partial charge in [-0.25, -0.2) is 0 Å². The van der Waals surface area contributed by atoms with Gasteiger partial charge in [-0.3, -0.25) is 0 Å². The van der Waals surface area contributed by atoms with Crippen LogP contribution in [0.15, 0.2) is 0 Å². The summed E-state index contributed by atoms with van der Waals surface area (Å²) in [6, 6.07) is 0.322. The summed E-state index contributed by atoms with van der Waals surface area (Å²) in [4.78, 5) is 14.3. The number of hydrogen-bond donors (Lipinski definition) is 1. The number of anilines is 2. The molecule has 0 spiro atoms. The van der Waals surface area contributed by atoms with Crippen molar-refractivity contribution in [2.45, 2.75) is 31.9 Å². The average Bonchev–Trinajstić information content (AvgIpc) is 2.28. The van der Waals surface area contributed by atoms with Crippen molar-refractivity contribution in [3.8, 4) is 0 Å². The normalized spacial score (nSPS) is 23.8. The van der Waals surface area contributed by atoms with Crippen LogP contribution in [-0.4, -0.2) is 47.8 Å². The molecule has 1 N–H and O–H groups in total. The van der Waals surface area contributed by atoms with Crippen molar-refractivity contribution in [1.82, 2.24) is 15.0 Å². The molecule has 0 radical (unpaired) electrons. The molecule has 2 rings (SSSR count). The minimum atomic E-state index is 0.205. The van der Waals surface area contributed by atoms with Crippen LogP contribution < -0.4 is 10.2 Å². The van der Waals surface area contributed by atoms with Crippen LogP contribution in [-0.2, 0) is 4.74 Å². The van der Waals surface area contributed by atoms with E-state index in [2.05, 4.69) is 27.2 Å². The number of ether oxygens (including phenoxy) is 1. The summed E-state index contributed by atoms with van der Waals surface area (Å²) in [6.45, 7) is 2.83. The van der Waals surface area contributed by atoms with E-state index in [1.54, 1.807) is 4.90 Å². The minimum Gasteiger partial charge on any atom is -0.378 e. The van der Waals surface area contributed by atoms with Crippen molar-refractivity contribution in [2.24, 2.45) is 0 Å². The third-order valence-corrected chi connectivity index (χ3v) is 2.98. The molecular weight excluding hydrogens is 254 g/mol. The summed E-state index contributed by atoms with van der Waals surface area (Å²) >= 11 is 5.89. The Bertz CT molecular complexity index is 414. The van der Waals surface area contributed by atoms with Gasteiger partial charge in [0.15, 0.2) is 0 Å². The molecule has 1 aliphatic rings. The maximum atomic E-state index is 5.89. The Balaban J connectivity index is 2.08. The Morgan fingerprint density at radius 2 is 2.11 bits per heavy atom. The van der Waals surface area contributed by atoms with Gasteiger partial charge in [0.05, 0.1) is 6.10 Å². The molecule has 2 unspecified atom stereocenters. The lowest BCUT2D eigenvalue weighted by Gasteiger charge is -2.28. The first-order chi connectivity index (χ1) is 8.54. The predicted molar refractivity (Wildman–Crippen MR) is 71.2 cm³/mol. The van der Waals surface area contributed by atoms with Gasteiger partial charge in [0, 0.05) is 26.7 Å². The van der Waals surface area contributed by atoms with Crippen LogP contribution in [0.1, 0.15) is 19.8 Å². The number of nitrogens with zero attached hydrogens (tertiary/aromatic N) is 4. The maximum absolute atomic E-state index is 5.89. The summed E-state index contributed by atoms with van der Waals surface area (Å²) in [5, 5.41) is 3.50. The van der Waals surface area contributed by atoms with Gasteiger partial charge in [-0.05, 0) is 31.4 Å². The topological polar surface area (TPSA) is 63.2 Å². The van der Waals surface area contributed by atoms with Gasteiger partial charge in [-0.1, -0.05) is 0 Å². The monoisotopic (exact) mass is 271 g/mol. The SMILES string of the molecule is CC1CC(Nc2nc(Cl)nc(N(C)C)n2)CCO1. The molecule has 0 aliphatic carbocycles. The summed E-state index contributed by atoms with van der Waals surface area (Å²) in [5.74, 6) is 1.08. The van der Waals surface area contributed by atoms with Gasteiger partial charge in [0.1, 0.15) is 0 Å². The molecule has 7 heteroatoms. The molecule has 2 atom stereocenters. The molecule has 6 nitrogen and oxygen atoms in total. The lowest BCUT2D eigenvalue weighted by Crippen LogP contribution is -2.33. The molecule has 18 heavy (non-hydrogen) atoms. The summed E-state index contributed by atoms with van der Waals surface area (Å²) in [5.41, 5.74) is 0. The van der Waals surface area contributed by atoms with Gasteiger partial charge in [-0.15, -0.1) is 0 Å². The van der Waals surface area contributed by atoms with Crippen molar-refractivity contribution in [1.29, 1.82) is 0 Å². The van der Waals surface area contributed by atoms with E-state index in [-0.39, 0.29) is 11.4 Å². The van der Waals surface area contributed by atoms with E-state index in [9.17, 15) is 0 Å². The van der Waals surface area contributed by atoms with Crippen LogP contribution >= 0.6 is 11.6 Å². The third-order valence-electron chi connectivity index (χ3n) is 2.81. The number of nitrogens with one attached hydrogen (secondary N) is 1. The zero-order chi connectivity index (χ0) is 13.1. The Kier molecular flexibility index (Phi) is 4.19. The molecule has 1 aliphatic heterocycles. The van der Waals surface area contributed by atoms with Gasteiger partial charge in [-0.2, -0.15) is 15.0 Å². The Hall–Kier alpha value is -1.14. The number of hydrogen-bond acceptors (Lipinski definition) is 6. The second-order valence-corrected chi connectivity index (χ2v) is 5.01. The summed E-state index contributed by atoms with van der Waals surface area (Å²) < 4.78 is 5.50. The second-order valence-electron chi connectivity index (χ2n) is 4.67. The number of rotatable bonds is 3. The van der Waals surface area contributed by atoms with Crippen molar-refractivity contribution in [2.75, 3.05) is 30.9 Å². The smallest absolute Gasteiger partial charge is 0.230 e. The van der Waals surface area contributed by atoms with Crippen molar-refractivity contribution >= 4 is 23.5 Å². The molecule has 100 valence electrons. The zero-order valence-corrected chi connectivity index (χ0v) is 11.6. The lowest BCUT2D eigenvalue weighted by molar-refractivity contribution is 0.0231. The third kappa shape index (κ3) is 3.43. The molecule has 1 aromatic heterocycles. The van der Waals surface area contributed by atoms with E-state index in [4.69, 9.17) is 16.3 Å². The van der Waals surface area contributed by atoms with Gasteiger partial charge in [0.25, 0.3) is 0 Å². The largest absolute Gasteiger partial charge is 0.378 e. The van der Waals surface area contributed by atoms with Crippen LogP contribution in [0.4, 0.5) is 11.9 Å². The minimum absolute atomic E-state index is 0.205. The highest BCUT2D eigenvalue weighted by molar-refractivity contribution is 6.28. The maximum Gasteiger partial charge on any atom is 0.230 e. The van der Waals surface area contributed by atoms with Crippen molar-refractivity contribution in [3.05, 3.63) is 5.28 Å². The molecule has 1 aromatic rings.